The van der Waals surface area contributed by atoms with Crippen molar-refractivity contribution in [3.05, 3.63) is 71.3 Å². The van der Waals surface area contributed by atoms with E-state index in [-0.39, 0.29) is 12.2 Å². The fourth-order valence-corrected chi connectivity index (χ4v) is 3.25. The van der Waals surface area contributed by atoms with Crippen molar-refractivity contribution in [3.8, 4) is 0 Å². The Bertz CT molecular complexity index is 969. The molecule has 0 aromatic heterocycles. The fraction of sp³-hybridized carbons (Fsp3) is 0.250. The number of rotatable bonds is 8. The molecule has 0 saturated heterocycles. The van der Waals surface area contributed by atoms with Crippen molar-refractivity contribution < 1.29 is 27.0 Å². The molecule has 0 fully saturated rings. The Labute approximate surface area is 164 Å². The number of carbonyl (C=O) groups is 3. The van der Waals surface area contributed by atoms with Crippen LogP contribution < -0.4 is 4.72 Å². The van der Waals surface area contributed by atoms with E-state index in [0.717, 1.165) is 0 Å². The van der Waals surface area contributed by atoms with Gasteiger partial charge in [-0.1, -0.05) is 55.5 Å². The molecule has 0 radical (unpaired) electrons. The molecule has 8 heteroatoms. The number of carbonyl (C=O) groups excluding carboxylic acids is 3. The largest absolute Gasteiger partial charge is 0.412 e. The standard InChI is InChI=1S/C20H21NO6S/c1-3-8-18(22)27-28(25,26)21-20(24)14(2)16-11-7-12-17(13-16)19(23)15-9-5-4-6-10-15/h4-7,9-14H,3,8H2,1-2H3,(H,21,24). The molecule has 28 heavy (non-hydrogen) atoms. The molecule has 7 nitrogen and oxygen atoms in total. The predicted molar refractivity (Wildman–Crippen MR) is 103 cm³/mol. The van der Waals surface area contributed by atoms with Crippen LogP contribution in [0.3, 0.4) is 0 Å². The average Bonchev–Trinajstić information content (AvgIpc) is 2.66. The lowest BCUT2D eigenvalue weighted by atomic mass is 9.95. The van der Waals surface area contributed by atoms with E-state index in [4.69, 9.17) is 0 Å². The topological polar surface area (TPSA) is 107 Å². The summed E-state index contributed by atoms with van der Waals surface area (Å²) in [5, 5.41) is 0. The molecule has 0 aliphatic rings. The molecule has 0 bridgehead atoms. The van der Waals surface area contributed by atoms with E-state index in [0.29, 0.717) is 23.1 Å². The average molecular weight is 403 g/mol. The molecule has 148 valence electrons. The Kier molecular flexibility index (Phi) is 7.06. The molecule has 1 unspecified atom stereocenters. The van der Waals surface area contributed by atoms with Gasteiger partial charge in [0.15, 0.2) is 5.78 Å². The molecular weight excluding hydrogens is 382 g/mol. The summed E-state index contributed by atoms with van der Waals surface area (Å²) in [6.45, 7) is 3.18. The van der Waals surface area contributed by atoms with Crippen molar-refractivity contribution >= 4 is 28.0 Å². The SMILES string of the molecule is CCCC(=O)OS(=O)(=O)NC(=O)C(C)c1cccc(C(=O)c2ccccc2)c1. The van der Waals surface area contributed by atoms with Gasteiger partial charge in [-0.2, -0.15) is 8.42 Å². The maximum absolute atomic E-state index is 12.5. The van der Waals surface area contributed by atoms with Crippen molar-refractivity contribution in [2.24, 2.45) is 0 Å². The van der Waals surface area contributed by atoms with Gasteiger partial charge in [-0.05, 0) is 25.0 Å². The van der Waals surface area contributed by atoms with Gasteiger partial charge in [0.2, 0.25) is 5.91 Å². The van der Waals surface area contributed by atoms with Crippen LogP contribution in [0.1, 0.15) is 54.1 Å². The molecular formula is C20H21NO6S. The molecule has 0 saturated carbocycles. The van der Waals surface area contributed by atoms with Gasteiger partial charge in [-0.3, -0.25) is 14.4 Å². The maximum atomic E-state index is 12.5. The Hall–Kier alpha value is -3.00. The normalized spacial score (nSPS) is 12.1. The van der Waals surface area contributed by atoms with E-state index in [1.165, 1.54) is 13.0 Å². The lowest BCUT2D eigenvalue weighted by Gasteiger charge is -2.13. The van der Waals surface area contributed by atoms with Crippen LogP contribution in [0, 0.1) is 0 Å². The first-order valence-electron chi connectivity index (χ1n) is 8.72. The monoisotopic (exact) mass is 403 g/mol. The van der Waals surface area contributed by atoms with Gasteiger partial charge in [0, 0.05) is 17.5 Å². The smallest absolute Gasteiger partial charge is 0.330 e. The van der Waals surface area contributed by atoms with Gasteiger partial charge in [-0.25, -0.2) is 4.72 Å². The molecule has 2 aromatic carbocycles. The van der Waals surface area contributed by atoms with E-state index < -0.39 is 28.1 Å². The number of benzene rings is 2. The van der Waals surface area contributed by atoms with Crippen molar-refractivity contribution in [1.29, 1.82) is 0 Å². The lowest BCUT2D eigenvalue weighted by molar-refractivity contribution is -0.133. The first-order chi connectivity index (χ1) is 13.2. The summed E-state index contributed by atoms with van der Waals surface area (Å²) in [5.41, 5.74) is 1.33. The van der Waals surface area contributed by atoms with Crippen molar-refractivity contribution in [2.75, 3.05) is 0 Å². The van der Waals surface area contributed by atoms with Crippen LogP contribution in [0.15, 0.2) is 54.6 Å². The number of hydrogen-bond acceptors (Lipinski definition) is 6. The first-order valence-corrected chi connectivity index (χ1v) is 10.1. The number of amides is 1. The summed E-state index contributed by atoms with van der Waals surface area (Å²) in [6, 6.07) is 15.0. The highest BCUT2D eigenvalue weighted by molar-refractivity contribution is 7.85. The van der Waals surface area contributed by atoms with E-state index in [1.54, 1.807) is 60.2 Å². The third-order valence-electron chi connectivity index (χ3n) is 3.96. The van der Waals surface area contributed by atoms with Crippen LogP contribution in [0.25, 0.3) is 0 Å². The van der Waals surface area contributed by atoms with E-state index >= 15 is 0 Å². The summed E-state index contributed by atoms with van der Waals surface area (Å²) in [7, 11) is -4.54. The Morgan fingerprint density at radius 1 is 1.00 bits per heavy atom. The minimum Gasteiger partial charge on any atom is -0.330 e. The third-order valence-corrected chi connectivity index (χ3v) is 4.82. The van der Waals surface area contributed by atoms with Crippen LogP contribution in [-0.2, 0) is 24.1 Å². The molecule has 2 aromatic rings. The van der Waals surface area contributed by atoms with Gasteiger partial charge < -0.3 is 4.18 Å². The van der Waals surface area contributed by atoms with Crippen LogP contribution in [0.4, 0.5) is 0 Å². The molecule has 0 heterocycles. The second kappa shape index (κ2) is 9.27. The van der Waals surface area contributed by atoms with Crippen molar-refractivity contribution in [1.82, 2.24) is 4.72 Å². The van der Waals surface area contributed by atoms with Gasteiger partial charge in [0.25, 0.3) is 0 Å². The van der Waals surface area contributed by atoms with Gasteiger partial charge >= 0.3 is 16.3 Å². The summed E-state index contributed by atoms with van der Waals surface area (Å²) in [4.78, 5) is 36.2. The zero-order valence-electron chi connectivity index (χ0n) is 15.5. The minimum absolute atomic E-state index is 0.0751. The Morgan fingerprint density at radius 2 is 1.64 bits per heavy atom. The summed E-state index contributed by atoms with van der Waals surface area (Å²) in [5.74, 6) is -2.90. The highest BCUT2D eigenvalue weighted by Crippen LogP contribution is 2.19. The fourth-order valence-electron chi connectivity index (χ4n) is 2.46. The van der Waals surface area contributed by atoms with Crippen LogP contribution in [-0.4, -0.2) is 26.1 Å². The quantitative estimate of drug-likeness (QED) is 0.679. The zero-order chi connectivity index (χ0) is 20.7. The molecule has 0 spiro atoms. The van der Waals surface area contributed by atoms with E-state index in [1.807, 2.05) is 0 Å². The number of ketones is 1. The van der Waals surface area contributed by atoms with Crippen LogP contribution in [0.5, 0.6) is 0 Å². The second-order valence-electron chi connectivity index (χ2n) is 6.17. The highest BCUT2D eigenvalue weighted by Gasteiger charge is 2.24. The summed E-state index contributed by atoms with van der Waals surface area (Å²) in [6.07, 6.45) is 0.342. The molecule has 1 N–H and O–H groups in total. The summed E-state index contributed by atoms with van der Waals surface area (Å²) < 4.78 is 29.6. The maximum Gasteiger partial charge on any atom is 0.412 e. The van der Waals surface area contributed by atoms with E-state index in [9.17, 15) is 22.8 Å². The first kappa shape index (κ1) is 21.3. The number of nitrogens with one attached hydrogen (secondary N) is 1. The van der Waals surface area contributed by atoms with Gasteiger partial charge in [0.1, 0.15) is 0 Å². The predicted octanol–water partition coefficient (Wildman–Crippen LogP) is 2.73. The Morgan fingerprint density at radius 3 is 2.29 bits per heavy atom. The van der Waals surface area contributed by atoms with Crippen LogP contribution in [0.2, 0.25) is 0 Å². The highest BCUT2D eigenvalue weighted by atomic mass is 32.2. The zero-order valence-corrected chi connectivity index (χ0v) is 16.4. The van der Waals surface area contributed by atoms with Crippen molar-refractivity contribution in [3.63, 3.8) is 0 Å². The summed E-state index contributed by atoms with van der Waals surface area (Å²) >= 11 is 0. The molecule has 0 aliphatic carbocycles. The second-order valence-corrected chi connectivity index (χ2v) is 7.45. The van der Waals surface area contributed by atoms with Gasteiger partial charge in [-0.15, -0.1) is 0 Å². The molecule has 2 rings (SSSR count). The number of hydrogen-bond donors (Lipinski definition) is 1. The minimum atomic E-state index is -4.54. The Balaban J connectivity index is 2.13. The van der Waals surface area contributed by atoms with E-state index in [2.05, 4.69) is 4.18 Å². The van der Waals surface area contributed by atoms with Crippen LogP contribution >= 0.6 is 0 Å². The van der Waals surface area contributed by atoms with Crippen molar-refractivity contribution in [2.45, 2.75) is 32.6 Å². The third kappa shape index (κ3) is 5.75. The van der Waals surface area contributed by atoms with Gasteiger partial charge in [0.05, 0.1) is 5.92 Å². The molecule has 1 atom stereocenters. The molecule has 1 amide bonds. The lowest BCUT2D eigenvalue weighted by Crippen LogP contribution is -2.36. The molecule has 0 aliphatic heterocycles.